The van der Waals surface area contributed by atoms with Gasteiger partial charge < -0.3 is 10.3 Å². The van der Waals surface area contributed by atoms with E-state index in [1.807, 2.05) is 6.20 Å². The van der Waals surface area contributed by atoms with Crippen molar-refractivity contribution in [1.29, 1.82) is 5.41 Å². The molecule has 0 saturated heterocycles. The van der Waals surface area contributed by atoms with Crippen LogP contribution in [0, 0.1) is 11.2 Å². The van der Waals surface area contributed by atoms with Crippen molar-refractivity contribution < 1.29 is 4.39 Å². The van der Waals surface area contributed by atoms with Crippen LogP contribution in [0.2, 0.25) is 0 Å². The minimum absolute atomic E-state index is 0.0991. The fraction of sp³-hybridized carbons (Fsp3) is 0.286. The van der Waals surface area contributed by atoms with Gasteiger partial charge in [-0.2, -0.15) is 0 Å². The first-order valence-corrected chi connectivity index (χ1v) is 6.48. The summed E-state index contributed by atoms with van der Waals surface area (Å²) in [5.41, 5.74) is 6.88. The molecule has 3 N–H and O–H groups in total. The van der Waals surface area contributed by atoms with E-state index in [0.717, 1.165) is 31.0 Å². The SMILES string of the molecule is N=C(N)c1cc(F)ccc1CN1CCn2ccnc2C1. The minimum Gasteiger partial charge on any atom is -0.384 e. The summed E-state index contributed by atoms with van der Waals surface area (Å²) in [6.07, 6.45) is 3.78. The molecule has 0 saturated carbocycles. The molecule has 104 valence electrons. The number of halogens is 1. The Kier molecular flexibility index (Phi) is 3.23. The molecule has 0 atom stereocenters. The second-order valence-corrected chi connectivity index (χ2v) is 4.96. The molecule has 2 heterocycles. The van der Waals surface area contributed by atoms with E-state index in [-0.39, 0.29) is 11.7 Å². The Labute approximate surface area is 116 Å². The summed E-state index contributed by atoms with van der Waals surface area (Å²) >= 11 is 0. The smallest absolute Gasteiger partial charge is 0.123 e. The number of nitrogens with one attached hydrogen (secondary N) is 1. The highest BCUT2D eigenvalue weighted by atomic mass is 19.1. The van der Waals surface area contributed by atoms with Crippen molar-refractivity contribution in [2.45, 2.75) is 19.6 Å². The highest BCUT2D eigenvalue weighted by Gasteiger charge is 2.18. The molecular formula is C14H16FN5. The maximum absolute atomic E-state index is 13.3. The van der Waals surface area contributed by atoms with Gasteiger partial charge in [0.25, 0.3) is 0 Å². The van der Waals surface area contributed by atoms with E-state index in [2.05, 4.69) is 14.5 Å². The summed E-state index contributed by atoms with van der Waals surface area (Å²) in [4.78, 5) is 6.54. The Morgan fingerprint density at radius 2 is 2.25 bits per heavy atom. The van der Waals surface area contributed by atoms with Gasteiger partial charge in [-0.3, -0.25) is 10.3 Å². The van der Waals surface area contributed by atoms with Crippen LogP contribution in [0.15, 0.2) is 30.6 Å². The van der Waals surface area contributed by atoms with E-state index >= 15 is 0 Å². The zero-order chi connectivity index (χ0) is 14.1. The molecule has 5 nitrogen and oxygen atoms in total. The molecule has 1 aliphatic heterocycles. The van der Waals surface area contributed by atoms with E-state index in [9.17, 15) is 4.39 Å². The zero-order valence-corrected chi connectivity index (χ0v) is 11.0. The van der Waals surface area contributed by atoms with Crippen LogP contribution < -0.4 is 5.73 Å². The van der Waals surface area contributed by atoms with Gasteiger partial charge in [0.2, 0.25) is 0 Å². The lowest BCUT2D eigenvalue weighted by molar-refractivity contribution is 0.208. The number of hydrogen-bond donors (Lipinski definition) is 2. The van der Waals surface area contributed by atoms with Crippen LogP contribution in [-0.4, -0.2) is 26.8 Å². The Hall–Kier alpha value is -2.21. The van der Waals surface area contributed by atoms with Gasteiger partial charge in [-0.1, -0.05) is 6.07 Å². The maximum atomic E-state index is 13.3. The third kappa shape index (κ3) is 2.42. The highest BCUT2D eigenvalue weighted by Crippen LogP contribution is 2.17. The van der Waals surface area contributed by atoms with Gasteiger partial charge in [0.15, 0.2) is 0 Å². The van der Waals surface area contributed by atoms with E-state index in [0.29, 0.717) is 12.1 Å². The van der Waals surface area contributed by atoms with Crippen molar-refractivity contribution in [3.63, 3.8) is 0 Å². The third-order valence-corrected chi connectivity index (χ3v) is 3.58. The number of fused-ring (bicyclic) bond motifs is 1. The number of amidine groups is 1. The molecule has 20 heavy (non-hydrogen) atoms. The van der Waals surface area contributed by atoms with Crippen molar-refractivity contribution in [3.05, 3.63) is 53.4 Å². The molecule has 1 aliphatic rings. The lowest BCUT2D eigenvalue weighted by atomic mass is 10.1. The van der Waals surface area contributed by atoms with Crippen LogP contribution >= 0.6 is 0 Å². The topological polar surface area (TPSA) is 70.9 Å². The predicted molar refractivity (Wildman–Crippen MR) is 73.8 cm³/mol. The molecule has 0 aliphatic carbocycles. The molecule has 0 unspecified atom stereocenters. The average Bonchev–Trinajstić information content (AvgIpc) is 2.88. The first-order valence-electron chi connectivity index (χ1n) is 6.48. The quantitative estimate of drug-likeness (QED) is 0.654. The lowest BCUT2D eigenvalue weighted by Gasteiger charge is -2.28. The normalized spacial score (nSPS) is 15.1. The number of rotatable bonds is 3. The molecular weight excluding hydrogens is 257 g/mol. The summed E-state index contributed by atoms with van der Waals surface area (Å²) in [6, 6.07) is 4.43. The van der Waals surface area contributed by atoms with Crippen molar-refractivity contribution in [3.8, 4) is 0 Å². The van der Waals surface area contributed by atoms with E-state index in [4.69, 9.17) is 11.1 Å². The second kappa shape index (κ2) is 5.05. The van der Waals surface area contributed by atoms with Crippen molar-refractivity contribution >= 4 is 5.84 Å². The van der Waals surface area contributed by atoms with Gasteiger partial charge in [0.1, 0.15) is 17.5 Å². The van der Waals surface area contributed by atoms with Crippen molar-refractivity contribution in [2.24, 2.45) is 5.73 Å². The third-order valence-electron chi connectivity index (χ3n) is 3.58. The van der Waals surface area contributed by atoms with Crippen LogP contribution in [-0.2, 0) is 19.6 Å². The highest BCUT2D eigenvalue weighted by molar-refractivity contribution is 5.96. The van der Waals surface area contributed by atoms with E-state index in [1.54, 1.807) is 12.3 Å². The van der Waals surface area contributed by atoms with Gasteiger partial charge in [-0.15, -0.1) is 0 Å². The fourth-order valence-corrected chi connectivity index (χ4v) is 2.54. The molecule has 6 heteroatoms. The number of imidazole rings is 1. The standard InChI is InChI=1S/C14H16FN5/c15-11-2-1-10(12(7-11)14(16)17)8-19-5-6-20-4-3-18-13(20)9-19/h1-4,7H,5-6,8-9H2,(H3,16,17). The van der Waals surface area contributed by atoms with Gasteiger partial charge in [-0.05, 0) is 17.7 Å². The van der Waals surface area contributed by atoms with Crippen LogP contribution in [0.1, 0.15) is 17.0 Å². The zero-order valence-electron chi connectivity index (χ0n) is 11.0. The summed E-state index contributed by atoms with van der Waals surface area (Å²) in [5.74, 6) is 0.564. The summed E-state index contributed by atoms with van der Waals surface area (Å²) < 4.78 is 15.4. The fourth-order valence-electron chi connectivity index (χ4n) is 2.54. The van der Waals surface area contributed by atoms with E-state index in [1.165, 1.54) is 12.1 Å². The largest absolute Gasteiger partial charge is 0.384 e. The van der Waals surface area contributed by atoms with Crippen molar-refractivity contribution in [1.82, 2.24) is 14.5 Å². The first kappa shape index (κ1) is 12.8. The van der Waals surface area contributed by atoms with Crippen molar-refractivity contribution in [2.75, 3.05) is 6.54 Å². The Morgan fingerprint density at radius 1 is 1.40 bits per heavy atom. The lowest BCUT2D eigenvalue weighted by Crippen LogP contribution is -2.33. The van der Waals surface area contributed by atoms with Crippen LogP contribution in [0.25, 0.3) is 0 Å². The van der Waals surface area contributed by atoms with Gasteiger partial charge in [0, 0.05) is 37.6 Å². The molecule has 3 rings (SSSR count). The second-order valence-electron chi connectivity index (χ2n) is 4.96. The molecule has 1 aromatic carbocycles. The van der Waals surface area contributed by atoms with E-state index < -0.39 is 0 Å². The predicted octanol–water partition coefficient (Wildman–Crippen LogP) is 1.32. The summed E-state index contributed by atoms with van der Waals surface area (Å²) in [5, 5.41) is 7.56. The number of aromatic nitrogens is 2. The molecule has 0 spiro atoms. The summed E-state index contributed by atoms with van der Waals surface area (Å²) in [6.45, 7) is 3.19. The van der Waals surface area contributed by atoms with Crippen LogP contribution in [0.3, 0.4) is 0 Å². The Balaban J connectivity index is 1.81. The molecule has 0 bridgehead atoms. The Bertz CT molecular complexity index is 649. The molecule has 0 fully saturated rings. The number of benzene rings is 1. The number of nitrogen functional groups attached to an aromatic ring is 1. The maximum Gasteiger partial charge on any atom is 0.123 e. The van der Waals surface area contributed by atoms with Crippen LogP contribution in [0.4, 0.5) is 4.39 Å². The Morgan fingerprint density at radius 3 is 3.05 bits per heavy atom. The first-order chi connectivity index (χ1) is 9.63. The van der Waals surface area contributed by atoms with Gasteiger partial charge in [-0.25, -0.2) is 9.37 Å². The number of nitrogens with zero attached hydrogens (tertiary/aromatic N) is 3. The number of nitrogens with two attached hydrogens (primary N) is 1. The average molecular weight is 273 g/mol. The monoisotopic (exact) mass is 273 g/mol. The summed E-state index contributed by atoms with van der Waals surface area (Å²) in [7, 11) is 0. The van der Waals surface area contributed by atoms with Crippen LogP contribution in [0.5, 0.6) is 0 Å². The minimum atomic E-state index is -0.367. The number of hydrogen-bond acceptors (Lipinski definition) is 3. The molecule has 0 amide bonds. The van der Waals surface area contributed by atoms with Gasteiger partial charge >= 0.3 is 0 Å². The van der Waals surface area contributed by atoms with Gasteiger partial charge in [0.05, 0.1) is 6.54 Å². The molecule has 0 radical (unpaired) electrons. The molecule has 2 aromatic rings. The molecule has 1 aromatic heterocycles.